The molecule has 2 amide bonds. The highest BCUT2D eigenvalue weighted by Gasteiger charge is 2.32. The molecule has 300 valence electrons. The molecule has 0 unspecified atom stereocenters. The first-order valence-electron chi connectivity index (χ1n) is 19.6. The number of hydrogen-bond donors (Lipinski definition) is 0. The van der Waals surface area contributed by atoms with Gasteiger partial charge in [0.25, 0.3) is 11.8 Å². The minimum atomic E-state index is 0.00378. The molecular formula is C46H48N4O6S2. The molecule has 2 fully saturated rings. The molecule has 2 aliphatic heterocycles. The lowest BCUT2D eigenvalue weighted by molar-refractivity contribution is -0.138. The van der Waals surface area contributed by atoms with E-state index in [0.29, 0.717) is 11.5 Å². The maximum absolute atomic E-state index is 12.9. The fraction of sp³-hybridized carbons (Fsp3) is 0.304. The molecule has 58 heavy (non-hydrogen) atoms. The minimum absolute atomic E-state index is 0.00378. The lowest BCUT2D eigenvalue weighted by Crippen LogP contribution is -2.41. The van der Waals surface area contributed by atoms with Crippen LogP contribution < -0.4 is 18.9 Å². The average molecular weight is 817 g/mol. The summed E-state index contributed by atoms with van der Waals surface area (Å²) in [7, 11) is 3.33. The molecule has 10 nitrogen and oxygen atoms in total. The highest BCUT2D eigenvalue weighted by molar-refractivity contribution is 7.10. The number of amides is 2. The van der Waals surface area contributed by atoms with Crippen LogP contribution in [0.1, 0.15) is 60.6 Å². The molecular weight excluding hydrogens is 769 g/mol. The summed E-state index contributed by atoms with van der Waals surface area (Å²) in [6, 6.07) is 34.7. The predicted molar refractivity (Wildman–Crippen MR) is 229 cm³/mol. The van der Waals surface area contributed by atoms with E-state index in [1.807, 2.05) is 130 Å². The number of aromatic nitrogens is 2. The summed E-state index contributed by atoms with van der Waals surface area (Å²) in [4.78, 5) is 39.4. The van der Waals surface area contributed by atoms with Gasteiger partial charge in [-0.3, -0.25) is 9.59 Å². The third-order valence-corrected chi connectivity index (χ3v) is 12.1. The van der Waals surface area contributed by atoms with Crippen LogP contribution in [-0.2, 0) is 9.59 Å². The van der Waals surface area contributed by atoms with E-state index < -0.39 is 0 Å². The van der Waals surface area contributed by atoms with Crippen molar-refractivity contribution < 1.29 is 28.5 Å². The van der Waals surface area contributed by atoms with Crippen LogP contribution in [0.3, 0.4) is 0 Å². The Kier molecular flexibility index (Phi) is 14.0. The molecule has 8 rings (SSSR count). The average Bonchev–Trinajstić information content (AvgIpc) is 4.00. The zero-order chi connectivity index (χ0) is 40.1. The smallest absolute Gasteiger partial charge is 0.261 e. The van der Waals surface area contributed by atoms with Gasteiger partial charge in [0.15, 0.2) is 13.2 Å². The fourth-order valence-corrected chi connectivity index (χ4v) is 9.23. The van der Waals surface area contributed by atoms with E-state index in [-0.39, 0.29) is 37.1 Å². The van der Waals surface area contributed by atoms with Crippen LogP contribution in [0.5, 0.6) is 23.0 Å². The molecule has 0 bridgehead atoms. The number of thiazole rings is 2. The van der Waals surface area contributed by atoms with Crippen LogP contribution in [0.2, 0.25) is 0 Å². The van der Waals surface area contributed by atoms with Gasteiger partial charge >= 0.3 is 0 Å². The lowest BCUT2D eigenvalue weighted by atomic mass is 10.0. The third-order valence-electron chi connectivity index (χ3n) is 10.2. The summed E-state index contributed by atoms with van der Waals surface area (Å²) in [6.45, 7) is 1.58. The topological polar surface area (TPSA) is 103 Å². The lowest BCUT2D eigenvalue weighted by Gasteiger charge is -2.34. The van der Waals surface area contributed by atoms with E-state index in [1.54, 1.807) is 36.9 Å². The fourth-order valence-electron chi connectivity index (χ4n) is 7.30. The van der Waals surface area contributed by atoms with Crippen molar-refractivity contribution in [2.75, 3.05) is 40.5 Å². The van der Waals surface area contributed by atoms with E-state index in [4.69, 9.17) is 28.9 Å². The van der Waals surface area contributed by atoms with Crippen LogP contribution in [0, 0.1) is 0 Å². The summed E-state index contributed by atoms with van der Waals surface area (Å²) in [6.07, 6.45) is 6.07. The van der Waals surface area contributed by atoms with Crippen molar-refractivity contribution in [3.05, 3.63) is 130 Å². The standard InChI is InChI=1S/2C23H24N2O3S/c2*1-27-21-13-6-5-11-18(21)19-16-29-23(24-19)20-12-7-8-14-25(20)22(26)15-28-17-9-3-2-4-10-17/h2*2-6,9-11,13,16,20H,7-8,12,14-15H2,1H3/t2*20-/m11/s1. The Labute approximate surface area is 348 Å². The number of carbonyl (C=O) groups is 2. The quantitative estimate of drug-likeness (QED) is 0.120. The van der Waals surface area contributed by atoms with Crippen molar-refractivity contribution >= 4 is 34.5 Å². The first-order valence-corrected chi connectivity index (χ1v) is 21.4. The van der Waals surface area contributed by atoms with Crippen molar-refractivity contribution in [3.8, 4) is 45.5 Å². The van der Waals surface area contributed by atoms with Crippen molar-refractivity contribution in [1.29, 1.82) is 0 Å². The number of rotatable bonds is 12. The molecule has 0 saturated carbocycles. The number of benzene rings is 4. The second-order valence-corrected chi connectivity index (χ2v) is 15.7. The molecule has 0 N–H and O–H groups in total. The Morgan fingerprint density at radius 2 is 0.966 bits per heavy atom. The van der Waals surface area contributed by atoms with E-state index in [9.17, 15) is 9.59 Å². The molecule has 4 heterocycles. The number of ether oxygens (including phenoxy) is 4. The SMILES string of the molecule is COc1ccccc1-c1csc([C@H]2CCCCN2C(=O)COc2ccccc2)n1.COc1ccccc1-c1csc([C@H]2CCCCN2C(=O)COc2ccccc2)n1. The molecule has 0 radical (unpaired) electrons. The maximum Gasteiger partial charge on any atom is 0.261 e. The molecule has 6 aromatic rings. The van der Waals surface area contributed by atoms with Gasteiger partial charge in [-0.05, 0) is 87.1 Å². The van der Waals surface area contributed by atoms with Crippen molar-refractivity contribution in [1.82, 2.24) is 19.8 Å². The first-order chi connectivity index (χ1) is 28.5. The highest BCUT2D eigenvalue weighted by Crippen LogP contribution is 2.38. The van der Waals surface area contributed by atoms with Gasteiger partial charge in [0.2, 0.25) is 0 Å². The zero-order valence-electron chi connectivity index (χ0n) is 32.8. The van der Waals surface area contributed by atoms with E-state index in [2.05, 4.69) is 0 Å². The van der Waals surface area contributed by atoms with Gasteiger partial charge in [0, 0.05) is 35.0 Å². The summed E-state index contributed by atoms with van der Waals surface area (Å²) >= 11 is 3.21. The number of carbonyl (C=O) groups excluding carboxylic acids is 2. The number of para-hydroxylation sites is 4. The molecule has 2 aromatic heterocycles. The first kappa shape index (κ1) is 40.5. The Balaban J connectivity index is 0.000000177. The van der Waals surface area contributed by atoms with E-state index >= 15 is 0 Å². The van der Waals surface area contributed by atoms with Crippen LogP contribution in [0.4, 0.5) is 0 Å². The van der Waals surface area contributed by atoms with Crippen LogP contribution >= 0.6 is 22.7 Å². The van der Waals surface area contributed by atoms with E-state index in [1.165, 1.54) is 0 Å². The summed E-state index contributed by atoms with van der Waals surface area (Å²) in [5.41, 5.74) is 3.72. The largest absolute Gasteiger partial charge is 0.496 e. The second kappa shape index (κ2) is 20.1. The van der Waals surface area contributed by atoms with Crippen molar-refractivity contribution in [2.24, 2.45) is 0 Å². The normalized spacial score (nSPS) is 16.4. The molecule has 4 aromatic carbocycles. The van der Waals surface area contributed by atoms with Gasteiger partial charge in [-0.1, -0.05) is 60.7 Å². The zero-order valence-corrected chi connectivity index (χ0v) is 34.5. The number of piperidine rings is 2. The minimum Gasteiger partial charge on any atom is -0.496 e. The van der Waals surface area contributed by atoms with Gasteiger partial charge in [0.05, 0.1) is 37.7 Å². The summed E-state index contributed by atoms with van der Waals surface area (Å²) < 4.78 is 22.3. The maximum atomic E-state index is 12.9. The Morgan fingerprint density at radius 1 is 0.569 bits per heavy atom. The Hall–Kier alpha value is -5.72. The van der Waals surface area contributed by atoms with Gasteiger partial charge in [0.1, 0.15) is 33.0 Å². The molecule has 0 spiro atoms. The number of likely N-dealkylation sites (tertiary alicyclic amines) is 2. The van der Waals surface area contributed by atoms with E-state index in [0.717, 1.165) is 95.6 Å². The van der Waals surface area contributed by atoms with Gasteiger partial charge in [-0.25, -0.2) is 9.97 Å². The Bertz CT molecular complexity index is 2070. The highest BCUT2D eigenvalue weighted by atomic mass is 32.1. The number of hydrogen-bond acceptors (Lipinski definition) is 10. The molecule has 0 aliphatic carbocycles. The number of nitrogens with zero attached hydrogens (tertiary/aromatic N) is 4. The summed E-state index contributed by atoms with van der Waals surface area (Å²) in [5.74, 6) is 3.04. The van der Waals surface area contributed by atoms with Crippen LogP contribution in [0.25, 0.3) is 22.5 Å². The predicted octanol–water partition coefficient (Wildman–Crippen LogP) is 9.90. The second-order valence-electron chi connectivity index (χ2n) is 13.9. The van der Waals surface area contributed by atoms with Gasteiger partial charge < -0.3 is 28.7 Å². The van der Waals surface area contributed by atoms with Crippen LogP contribution in [-0.4, -0.2) is 72.1 Å². The molecule has 2 saturated heterocycles. The van der Waals surface area contributed by atoms with Crippen LogP contribution in [0.15, 0.2) is 120 Å². The third kappa shape index (κ3) is 10.0. The van der Waals surface area contributed by atoms with Crippen molar-refractivity contribution in [3.63, 3.8) is 0 Å². The Morgan fingerprint density at radius 3 is 1.38 bits per heavy atom. The number of methoxy groups -OCH3 is 2. The van der Waals surface area contributed by atoms with Gasteiger partial charge in [-0.2, -0.15) is 0 Å². The monoisotopic (exact) mass is 816 g/mol. The molecule has 12 heteroatoms. The molecule has 2 aliphatic rings. The van der Waals surface area contributed by atoms with Gasteiger partial charge in [-0.15, -0.1) is 22.7 Å². The van der Waals surface area contributed by atoms with Crippen molar-refractivity contribution in [2.45, 2.75) is 50.6 Å². The molecule has 2 atom stereocenters. The summed E-state index contributed by atoms with van der Waals surface area (Å²) in [5, 5.41) is 6.04.